The van der Waals surface area contributed by atoms with Crippen molar-refractivity contribution in [2.24, 2.45) is 0 Å². The molecule has 1 atom stereocenters. The maximum Gasteiger partial charge on any atom is 0.315 e. The first kappa shape index (κ1) is 12.8. The van der Waals surface area contributed by atoms with E-state index in [2.05, 4.69) is 0 Å². The highest BCUT2D eigenvalue weighted by Crippen LogP contribution is 2.24. The molecule has 0 bridgehead atoms. The van der Waals surface area contributed by atoms with Gasteiger partial charge in [0.2, 0.25) is 0 Å². The van der Waals surface area contributed by atoms with Gasteiger partial charge in [-0.25, -0.2) is 8.42 Å². The van der Waals surface area contributed by atoms with E-state index in [-0.39, 0.29) is 28.5 Å². The van der Waals surface area contributed by atoms with Crippen molar-refractivity contribution in [3.8, 4) is 0 Å². The van der Waals surface area contributed by atoms with Gasteiger partial charge in [-0.2, -0.15) is 0 Å². The molecule has 0 N–H and O–H groups in total. The van der Waals surface area contributed by atoms with E-state index in [9.17, 15) is 13.2 Å². The summed E-state index contributed by atoms with van der Waals surface area (Å²) in [5.41, 5.74) is 0. The summed E-state index contributed by atoms with van der Waals surface area (Å²) < 4.78 is 27.2. The van der Waals surface area contributed by atoms with Crippen molar-refractivity contribution in [1.29, 1.82) is 0 Å². The molecule has 6 heteroatoms. The van der Waals surface area contributed by atoms with Gasteiger partial charge in [-0.05, 0) is 12.8 Å². The molecule has 1 unspecified atom stereocenters. The topological polar surface area (TPSA) is 60.4 Å². The number of thioether (sulfide) groups is 1. The van der Waals surface area contributed by atoms with E-state index in [4.69, 9.17) is 4.74 Å². The van der Waals surface area contributed by atoms with E-state index in [0.717, 1.165) is 6.42 Å². The first-order chi connectivity index (χ1) is 7.03. The molecule has 1 rings (SSSR count). The number of hydrogen-bond acceptors (Lipinski definition) is 5. The van der Waals surface area contributed by atoms with Crippen LogP contribution in [0.2, 0.25) is 0 Å². The zero-order valence-electron chi connectivity index (χ0n) is 8.77. The van der Waals surface area contributed by atoms with Crippen LogP contribution in [-0.2, 0) is 19.4 Å². The molecule has 15 heavy (non-hydrogen) atoms. The number of sulfone groups is 1. The van der Waals surface area contributed by atoms with Crippen molar-refractivity contribution >= 4 is 27.6 Å². The molecule has 1 heterocycles. The Hall–Kier alpha value is -0.230. The number of carbonyl (C=O) groups excluding carboxylic acids is 1. The van der Waals surface area contributed by atoms with Gasteiger partial charge in [-0.3, -0.25) is 4.79 Å². The molecule has 4 nitrogen and oxygen atoms in total. The highest BCUT2D eigenvalue weighted by atomic mass is 32.2. The fourth-order valence-corrected chi connectivity index (χ4v) is 4.77. The lowest BCUT2D eigenvalue weighted by Crippen LogP contribution is -2.13. The Morgan fingerprint density at radius 2 is 2.27 bits per heavy atom. The summed E-state index contributed by atoms with van der Waals surface area (Å²) in [5.74, 6) is 0.485. The summed E-state index contributed by atoms with van der Waals surface area (Å²) in [6, 6.07) is 0. The monoisotopic (exact) mass is 252 g/mol. The van der Waals surface area contributed by atoms with Gasteiger partial charge in [0.1, 0.15) is 0 Å². The van der Waals surface area contributed by atoms with Crippen LogP contribution in [0, 0.1) is 0 Å². The van der Waals surface area contributed by atoms with Gasteiger partial charge in [0, 0.05) is 5.25 Å². The van der Waals surface area contributed by atoms with Crippen LogP contribution >= 0.6 is 11.8 Å². The van der Waals surface area contributed by atoms with E-state index < -0.39 is 9.84 Å². The lowest BCUT2D eigenvalue weighted by Gasteiger charge is -2.06. The van der Waals surface area contributed by atoms with Crippen LogP contribution in [0.3, 0.4) is 0 Å². The van der Waals surface area contributed by atoms with Crippen molar-refractivity contribution in [3.05, 3.63) is 0 Å². The Kier molecular flexibility index (Phi) is 4.92. The van der Waals surface area contributed by atoms with Gasteiger partial charge in [0.05, 0.1) is 23.9 Å². The Labute approximate surface area is 94.7 Å². The second-order valence-corrected chi connectivity index (χ2v) is 7.07. The molecular formula is C9H16O4S2. The molecule has 1 saturated heterocycles. The Morgan fingerprint density at radius 1 is 1.53 bits per heavy atom. The van der Waals surface area contributed by atoms with Crippen LogP contribution in [0.1, 0.15) is 19.8 Å². The van der Waals surface area contributed by atoms with Crippen molar-refractivity contribution < 1.29 is 17.9 Å². The van der Waals surface area contributed by atoms with E-state index >= 15 is 0 Å². The van der Waals surface area contributed by atoms with E-state index in [0.29, 0.717) is 13.0 Å². The summed E-state index contributed by atoms with van der Waals surface area (Å²) >= 11 is 1.39. The van der Waals surface area contributed by atoms with Crippen LogP contribution in [0.4, 0.5) is 0 Å². The molecule has 1 fully saturated rings. The zero-order valence-corrected chi connectivity index (χ0v) is 10.4. The van der Waals surface area contributed by atoms with E-state index in [1.54, 1.807) is 0 Å². The molecule has 1 aliphatic heterocycles. The fourth-order valence-electron chi connectivity index (χ4n) is 1.34. The number of carbonyl (C=O) groups is 1. The lowest BCUT2D eigenvalue weighted by atomic mass is 10.4. The molecule has 0 radical (unpaired) electrons. The third-order valence-electron chi connectivity index (χ3n) is 2.09. The summed E-state index contributed by atoms with van der Waals surface area (Å²) in [5, 5.41) is 0.0733. The highest BCUT2D eigenvalue weighted by Gasteiger charge is 2.28. The molecule has 0 spiro atoms. The highest BCUT2D eigenvalue weighted by molar-refractivity contribution is 8.02. The standard InChI is InChI=1S/C9H16O4S2/c1-2-4-13-9(10)6-14-8-3-5-15(11,12)7-8/h8H,2-7H2,1H3. The van der Waals surface area contributed by atoms with Gasteiger partial charge in [-0.1, -0.05) is 6.92 Å². The first-order valence-electron chi connectivity index (χ1n) is 5.01. The second-order valence-electron chi connectivity index (χ2n) is 3.56. The average molecular weight is 252 g/mol. The van der Waals surface area contributed by atoms with Crippen LogP contribution in [0.15, 0.2) is 0 Å². The number of hydrogen-bond donors (Lipinski definition) is 0. The SMILES string of the molecule is CCCOC(=O)CSC1CCS(=O)(=O)C1. The van der Waals surface area contributed by atoms with E-state index in [1.807, 2.05) is 6.92 Å². The number of rotatable bonds is 5. The minimum Gasteiger partial charge on any atom is -0.465 e. The summed E-state index contributed by atoms with van der Waals surface area (Å²) in [6.07, 6.45) is 1.47. The van der Waals surface area contributed by atoms with Crippen LogP contribution in [0.5, 0.6) is 0 Å². The largest absolute Gasteiger partial charge is 0.465 e. The zero-order chi connectivity index (χ0) is 11.3. The average Bonchev–Trinajstić information content (AvgIpc) is 2.52. The molecule has 88 valence electrons. The van der Waals surface area contributed by atoms with Crippen molar-refractivity contribution in [2.75, 3.05) is 23.9 Å². The van der Waals surface area contributed by atoms with Gasteiger partial charge in [0.25, 0.3) is 0 Å². The Balaban J connectivity index is 2.18. The third kappa shape index (κ3) is 4.88. The predicted octanol–water partition coefficient (Wildman–Crippen LogP) is 0.860. The van der Waals surface area contributed by atoms with Crippen molar-refractivity contribution in [2.45, 2.75) is 25.0 Å². The predicted molar refractivity (Wildman–Crippen MR) is 60.8 cm³/mol. The molecule has 0 aromatic carbocycles. The molecule has 0 amide bonds. The number of ether oxygens (including phenoxy) is 1. The number of esters is 1. The minimum absolute atomic E-state index is 0.0733. The van der Waals surface area contributed by atoms with Gasteiger partial charge >= 0.3 is 5.97 Å². The van der Waals surface area contributed by atoms with Crippen LogP contribution in [0.25, 0.3) is 0 Å². The fraction of sp³-hybridized carbons (Fsp3) is 0.889. The van der Waals surface area contributed by atoms with Crippen molar-refractivity contribution in [1.82, 2.24) is 0 Å². The van der Waals surface area contributed by atoms with Gasteiger partial charge in [-0.15, -0.1) is 11.8 Å². The molecule has 0 aliphatic carbocycles. The molecule has 1 aliphatic rings. The summed E-state index contributed by atoms with van der Waals surface area (Å²) in [7, 11) is -2.83. The molecule has 0 aromatic heterocycles. The molecule has 0 saturated carbocycles. The maximum atomic E-state index is 11.1. The Morgan fingerprint density at radius 3 is 2.80 bits per heavy atom. The minimum atomic E-state index is -2.83. The quantitative estimate of drug-likeness (QED) is 0.679. The lowest BCUT2D eigenvalue weighted by molar-refractivity contribution is -0.140. The van der Waals surface area contributed by atoms with Gasteiger partial charge in [0.15, 0.2) is 9.84 Å². The Bertz CT molecular complexity index is 310. The van der Waals surface area contributed by atoms with Crippen molar-refractivity contribution in [3.63, 3.8) is 0 Å². The van der Waals surface area contributed by atoms with Gasteiger partial charge < -0.3 is 4.74 Å². The van der Waals surface area contributed by atoms with Crippen LogP contribution in [-0.4, -0.2) is 43.5 Å². The molecule has 0 aromatic rings. The smallest absolute Gasteiger partial charge is 0.315 e. The second kappa shape index (κ2) is 5.75. The van der Waals surface area contributed by atoms with Crippen LogP contribution < -0.4 is 0 Å². The van der Waals surface area contributed by atoms with E-state index in [1.165, 1.54) is 11.8 Å². The summed E-state index contributed by atoms with van der Waals surface area (Å²) in [4.78, 5) is 11.1. The first-order valence-corrected chi connectivity index (χ1v) is 7.88. The normalized spacial score (nSPS) is 23.9. The summed E-state index contributed by atoms with van der Waals surface area (Å²) in [6.45, 7) is 2.38. The third-order valence-corrected chi connectivity index (χ3v) is 5.35. The molecular weight excluding hydrogens is 236 g/mol. The maximum absolute atomic E-state index is 11.1.